The lowest BCUT2D eigenvalue weighted by molar-refractivity contribution is 0.0371. The summed E-state index contributed by atoms with van der Waals surface area (Å²) in [5.41, 5.74) is 1.25. The molecule has 0 saturated carbocycles. The summed E-state index contributed by atoms with van der Waals surface area (Å²) in [6.07, 6.45) is 5.58. The van der Waals surface area contributed by atoms with Gasteiger partial charge in [0, 0.05) is 26.2 Å². The van der Waals surface area contributed by atoms with Crippen LogP contribution in [-0.4, -0.2) is 61.8 Å². The minimum atomic E-state index is 0.0968. The van der Waals surface area contributed by atoms with E-state index in [1.807, 2.05) is 11.0 Å². The van der Waals surface area contributed by atoms with Gasteiger partial charge < -0.3 is 15.0 Å². The van der Waals surface area contributed by atoms with Crippen LogP contribution in [0.15, 0.2) is 30.3 Å². The van der Waals surface area contributed by atoms with Crippen LogP contribution in [0.3, 0.4) is 0 Å². The summed E-state index contributed by atoms with van der Waals surface area (Å²) in [5, 5.41) is 3.12. The van der Waals surface area contributed by atoms with E-state index in [2.05, 4.69) is 34.5 Å². The summed E-state index contributed by atoms with van der Waals surface area (Å²) in [7, 11) is 0. The van der Waals surface area contributed by atoms with Crippen molar-refractivity contribution in [3.8, 4) is 0 Å². The first-order valence-electron chi connectivity index (χ1n) is 9.74. The maximum atomic E-state index is 12.5. The van der Waals surface area contributed by atoms with Gasteiger partial charge in [-0.25, -0.2) is 4.79 Å². The first kappa shape index (κ1) is 18.2. The molecule has 1 atom stereocenters. The Morgan fingerprint density at radius 1 is 1.08 bits per heavy atom. The van der Waals surface area contributed by atoms with Crippen LogP contribution in [0, 0.1) is 0 Å². The van der Waals surface area contributed by atoms with Gasteiger partial charge >= 0.3 is 6.03 Å². The van der Waals surface area contributed by atoms with Gasteiger partial charge in [0.15, 0.2) is 0 Å². The molecule has 1 unspecified atom stereocenters. The molecule has 2 heterocycles. The van der Waals surface area contributed by atoms with E-state index in [1.165, 1.54) is 18.4 Å². The molecule has 0 bridgehead atoms. The van der Waals surface area contributed by atoms with Gasteiger partial charge in [0.05, 0.1) is 19.3 Å². The number of morpholine rings is 1. The summed E-state index contributed by atoms with van der Waals surface area (Å²) >= 11 is 0. The lowest BCUT2D eigenvalue weighted by Gasteiger charge is -2.26. The Bertz CT molecular complexity index is 517. The molecule has 1 aromatic rings. The van der Waals surface area contributed by atoms with Crippen molar-refractivity contribution in [2.75, 3.05) is 45.9 Å². The van der Waals surface area contributed by atoms with E-state index in [4.69, 9.17) is 4.74 Å². The van der Waals surface area contributed by atoms with E-state index < -0.39 is 0 Å². The molecule has 3 rings (SSSR count). The fourth-order valence-electron chi connectivity index (χ4n) is 3.79. The average Bonchev–Trinajstić information content (AvgIpc) is 3.16. The molecule has 2 amide bonds. The first-order chi connectivity index (χ1) is 12.3. The number of hydrogen-bond acceptors (Lipinski definition) is 3. The van der Waals surface area contributed by atoms with Crippen molar-refractivity contribution in [3.05, 3.63) is 35.9 Å². The van der Waals surface area contributed by atoms with E-state index in [0.717, 1.165) is 65.2 Å². The Labute approximate surface area is 151 Å². The monoisotopic (exact) mass is 345 g/mol. The fraction of sp³-hybridized carbons (Fsp3) is 0.650. The quantitative estimate of drug-likeness (QED) is 0.773. The van der Waals surface area contributed by atoms with E-state index in [0.29, 0.717) is 0 Å². The van der Waals surface area contributed by atoms with Crippen molar-refractivity contribution in [2.24, 2.45) is 0 Å². The Kier molecular flexibility index (Phi) is 7.12. The van der Waals surface area contributed by atoms with Crippen molar-refractivity contribution < 1.29 is 9.53 Å². The maximum Gasteiger partial charge on any atom is 0.317 e. The smallest absolute Gasteiger partial charge is 0.317 e. The highest BCUT2D eigenvalue weighted by Crippen LogP contribution is 2.31. The number of rotatable bonds is 7. The summed E-state index contributed by atoms with van der Waals surface area (Å²) < 4.78 is 5.37. The number of hydrogen-bond donors (Lipinski definition) is 1. The second-order valence-corrected chi connectivity index (χ2v) is 7.01. The number of urea groups is 1. The number of likely N-dealkylation sites (tertiary alicyclic amines) is 1. The minimum absolute atomic E-state index is 0.0968. The summed E-state index contributed by atoms with van der Waals surface area (Å²) in [6.45, 7) is 6.66. The highest BCUT2D eigenvalue weighted by atomic mass is 16.5. The van der Waals surface area contributed by atoms with Gasteiger partial charge in [-0.1, -0.05) is 36.8 Å². The predicted octanol–water partition coefficient (Wildman–Crippen LogP) is 3.04. The third-order valence-corrected chi connectivity index (χ3v) is 5.23. The largest absolute Gasteiger partial charge is 0.379 e. The van der Waals surface area contributed by atoms with Crippen LogP contribution in [0.5, 0.6) is 0 Å². The zero-order valence-electron chi connectivity index (χ0n) is 15.2. The molecular weight excluding hydrogens is 314 g/mol. The standard InChI is InChI=1S/C20H31N3O2/c24-20(21-11-5-2-6-12-22-14-16-25-17-15-22)23-13-7-10-19(23)18-8-3-1-4-9-18/h1,3-4,8-9,19H,2,5-7,10-17H2,(H,21,24). The second kappa shape index (κ2) is 9.78. The molecule has 5 heteroatoms. The van der Waals surface area contributed by atoms with Crippen LogP contribution < -0.4 is 5.32 Å². The third kappa shape index (κ3) is 5.44. The Morgan fingerprint density at radius 3 is 2.68 bits per heavy atom. The number of nitrogens with one attached hydrogen (secondary N) is 1. The van der Waals surface area contributed by atoms with Gasteiger partial charge in [0.25, 0.3) is 0 Å². The van der Waals surface area contributed by atoms with Crippen LogP contribution in [0.25, 0.3) is 0 Å². The van der Waals surface area contributed by atoms with Gasteiger partial charge in [0.1, 0.15) is 0 Å². The Morgan fingerprint density at radius 2 is 1.88 bits per heavy atom. The zero-order chi connectivity index (χ0) is 17.3. The second-order valence-electron chi connectivity index (χ2n) is 7.01. The number of unbranched alkanes of at least 4 members (excludes halogenated alkanes) is 2. The van der Waals surface area contributed by atoms with Crippen LogP contribution in [0.1, 0.15) is 43.7 Å². The molecule has 138 valence electrons. The minimum Gasteiger partial charge on any atom is -0.379 e. The van der Waals surface area contributed by atoms with Crippen molar-refractivity contribution in [3.63, 3.8) is 0 Å². The number of amides is 2. The lowest BCUT2D eigenvalue weighted by atomic mass is 10.1. The molecule has 0 aliphatic carbocycles. The normalized spacial score (nSPS) is 21.4. The Balaban J connectivity index is 1.32. The van der Waals surface area contributed by atoms with Crippen LogP contribution in [0.2, 0.25) is 0 Å². The van der Waals surface area contributed by atoms with Crippen LogP contribution in [0.4, 0.5) is 4.79 Å². The van der Waals surface area contributed by atoms with Crippen molar-refractivity contribution >= 4 is 6.03 Å². The molecule has 25 heavy (non-hydrogen) atoms. The number of nitrogens with zero attached hydrogens (tertiary/aromatic N) is 2. The molecule has 1 N–H and O–H groups in total. The summed E-state index contributed by atoms with van der Waals surface area (Å²) in [6, 6.07) is 10.7. The van der Waals surface area contributed by atoms with E-state index >= 15 is 0 Å². The third-order valence-electron chi connectivity index (χ3n) is 5.23. The van der Waals surface area contributed by atoms with Gasteiger partial charge in [-0.2, -0.15) is 0 Å². The molecular formula is C20H31N3O2. The number of carbonyl (C=O) groups excluding carboxylic acids is 1. The molecule has 0 radical (unpaired) electrons. The Hall–Kier alpha value is -1.59. The number of benzene rings is 1. The van der Waals surface area contributed by atoms with Gasteiger partial charge in [-0.3, -0.25) is 4.90 Å². The van der Waals surface area contributed by atoms with Crippen molar-refractivity contribution in [1.29, 1.82) is 0 Å². The fourth-order valence-corrected chi connectivity index (χ4v) is 3.79. The molecule has 0 spiro atoms. The molecule has 2 saturated heterocycles. The van der Waals surface area contributed by atoms with Gasteiger partial charge in [-0.05, 0) is 37.8 Å². The predicted molar refractivity (Wildman–Crippen MR) is 99.6 cm³/mol. The molecule has 2 fully saturated rings. The molecule has 0 aromatic heterocycles. The highest BCUT2D eigenvalue weighted by molar-refractivity contribution is 5.75. The molecule has 1 aromatic carbocycles. The van der Waals surface area contributed by atoms with Crippen molar-refractivity contribution in [2.45, 2.75) is 38.1 Å². The highest BCUT2D eigenvalue weighted by Gasteiger charge is 2.29. The molecule has 2 aliphatic heterocycles. The number of ether oxygens (including phenoxy) is 1. The summed E-state index contributed by atoms with van der Waals surface area (Å²) in [5.74, 6) is 0. The van der Waals surface area contributed by atoms with E-state index in [9.17, 15) is 4.79 Å². The average molecular weight is 345 g/mol. The molecule has 2 aliphatic rings. The first-order valence-corrected chi connectivity index (χ1v) is 9.74. The summed E-state index contributed by atoms with van der Waals surface area (Å²) in [4.78, 5) is 17.0. The van der Waals surface area contributed by atoms with E-state index in [-0.39, 0.29) is 12.1 Å². The maximum absolute atomic E-state index is 12.5. The topological polar surface area (TPSA) is 44.8 Å². The van der Waals surface area contributed by atoms with Crippen LogP contribution >= 0.6 is 0 Å². The van der Waals surface area contributed by atoms with E-state index in [1.54, 1.807) is 0 Å². The van der Waals surface area contributed by atoms with Crippen molar-refractivity contribution in [1.82, 2.24) is 15.1 Å². The SMILES string of the molecule is O=C(NCCCCCN1CCOCC1)N1CCCC1c1ccccc1. The number of carbonyl (C=O) groups is 1. The van der Waals surface area contributed by atoms with Gasteiger partial charge in [-0.15, -0.1) is 0 Å². The van der Waals surface area contributed by atoms with Gasteiger partial charge in [0.2, 0.25) is 0 Å². The van der Waals surface area contributed by atoms with Crippen LogP contribution in [-0.2, 0) is 4.74 Å². The lowest BCUT2D eigenvalue weighted by Crippen LogP contribution is -2.40. The molecule has 5 nitrogen and oxygen atoms in total. The zero-order valence-corrected chi connectivity index (χ0v) is 15.2.